The first-order valence-electron chi connectivity index (χ1n) is 9.38. The van der Waals surface area contributed by atoms with Crippen molar-refractivity contribution >= 4 is 23.3 Å². The van der Waals surface area contributed by atoms with Gasteiger partial charge in [-0.15, -0.1) is 11.3 Å². The van der Waals surface area contributed by atoms with Gasteiger partial charge >= 0.3 is 6.03 Å². The van der Waals surface area contributed by atoms with Gasteiger partial charge in [-0.3, -0.25) is 4.79 Å². The van der Waals surface area contributed by atoms with E-state index in [1.165, 1.54) is 15.3 Å². The molecule has 0 fully saturated rings. The Hall–Kier alpha value is -2.38. The zero-order valence-corrected chi connectivity index (χ0v) is 17.4. The minimum atomic E-state index is -0.185. The maximum absolute atomic E-state index is 13.3. The molecular formula is C21H27N3O3S. The van der Waals surface area contributed by atoms with E-state index in [1.54, 1.807) is 37.4 Å². The third kappa shape index (κ3) is 4.36. The SMILES string of the molecule is COCCN(CC(=O)N1CCc2sccc2[C@@H]1c1ccccc1)C(=O)N(C)C. The number of carbonyl (C=O) groups excluding carboxylic acids is 2. The van der Waals surface area contributed by atoms with Crippen LogP contribution in [0, 0.1) is 0 Å². The van der Waals surface area contributed by atoms with Gasteiger partial charge in [0.15, 0.2) is 0 Å². The van der Waals surface area contributed by atoms with Gasteiger partial charge in [0.05, 0.1) is 12.6 Å². The van der Waals surface area contributed by atoms with Crippen molar-refractivity contribution in [3.8, 4) is 0 Å². The lowest BCUT2D eigenvalue weighted by Gasteiger charge is -2.38. The molecule has 1 aliphatic heterocycles. The largest absolute Gasteiger partial charge is 0.383 e. The van der Waals surface area contributed by atoms with Gasteiger partial charge in [-0.1, -0.05) is 30.3 Å². The lowest BCUT2D eigenvalue weighted by molar-refractivity contribution is -0.134. The molecule has 28 heavy (non-hydrogen) atoms. The van der Waals surface area contributed by atoms with Gasteiger partial charge in [0, 0.05) is 39.2 Å². The lowest BCUT2D eigenvalue weighted by Crippen LogP contribution is -2.49. The molecule has 0 aliphatic carbocycles. The normalized spacial score (nSPS) is 15.8. The van der Waals surface area contributed by atoms with Gasteiger partial charge in [0.2, 0.25) is 5.91 Å². The molecule has 0 saturated heterocycles. The van der Waals surface area contributed by atoms with E-state index in [-0.39, 0.29) is 24.5 Å². The van der Waals surface area contributed by atoms with E-state index >= 15 is 0 Å². The van der Waals surface area contributed by atoms with Crippen molar-refractivity contribution in [1.82, 2.24) is 14.7 Å². The number of thiophene rings is 1. The highest BCUT2D eigenvalue weighted by atomic mass is 32.1. The summed E-state index contributed by atoms with van der Waals surface area (Å²) in [4.78, 5) is 32.1. The summed E-state index contributed by atoms with van der Waals surface area (Å²) in [5.41, 5.74) is 2.29. The third-order valence-corrected chi connectivity index (χ3v) is 5.94. The number of amides is 3. The molecule has 0 saturated carbocycles. The molecule has 3 amide bonds. The molecule has 0 bridgehead atoms. The zero-order chi connectivity index (χ0) is 20.1. The Bertz CT molecular complexity index is 806. The molecule has 7 heteroatoms. The summed E-state index contributed by atoms with van der Waals surface area (Å²) in [5.74, 6) is -0.0444. The van der Waals surface area contributed by atoms with Crippen molar-refractivity contribution in [2.24, 2.45) is 0 Å². The summed E-state index contributed by atoms with van der Waals surface area (Å²) in [7, 11) is 4.98. The van der Waals surface area contributed by atoms with E-state index in [0.717, 1.165) is 12.0 Å². The van der Waals surface area contributed by atoms with Crippen molar-refractivity contribution in [3.63, 3.8) is 0 Å². The number of hydrogen-bond acceptors (Lipinski definition) is 4. The molecule has 0 spiro atoms. The van der Waals surface area contributed by atoms with Gasteiger partial charge in [0.1, 0.15) is 6.54 Å². The molecule has 1 aromatic carbocycles. The summed E-state index contributed by atoms with van der Waals surface area (Å²) >= 11 is 1.75. The monoisotopic (exact) mass is 401 g/mol. The highest BCUT2D eigenvalue weighted by Gasteiger charge is 2.34. The highest BCUT2D eigenvalue weighted by molar-refractivity contribution is 7.10. The Morgan fingerprint density at radius 2 is 1.96 bits per heavy atom. The molecule has 2 heterocycles. The van der Waals surface area contributed by atoms with Crippen LogP contribution < -0.4 is 0 Å². The van der Waals surface area contributed by atoms with Crippen molar-refractivity contribution in [3.05, 3.63) is 57.8 Å². The summed E-state index contributed by atoms with van der Waals surface area (Å²) in [6.45, 7) is 1.47. The molecule has 6 nitrogen and oxygen atoms in total. The van der Waals surface area contributed by atoms with Gasteiger partial charge in [0.25, 0.3) is 0 Å². The summed E-state index contributed by atoms with van der Waals surface area (Å²) in [6, 6.07) is 11.9. The van der Waals surface area contributed by atoms with Crippen LogP contribution in [0.2, 0.25) is 0 Å². The fraction of sp³-hybridized carbons (Fsp3) is 0.429. The van der Waals surface area contributed by atoms with E-state index in [2.05, 4.69) is 23.6 Å². The molecular weight excluding hydrogens is 374 g/mol. The molecule has 150 valence electrons. The molecule has 1 aromatic heterocycles. The third-order valence-electron chi connectivity index (χ3n) is 4.95. The first-order valence-corrected chi connectivity index (χ1v) is 10.3. The first kappa shape index (κ1) is 20.4. The van der Waals surface area contributed by atoms with Crippen LogP contribution in [0.15, 0.2) is 41.8 Å². The smallest absolute Gasteiger partial charge is 0.320 e. The Balaban J connectivity index is 1.85. The van der Waals surface area contributed by atoms with Crippen molar-refractivity contribution in [2.75, 3.05) is 47.4 Å². The maximum Gasteiger partial charge on any atom is 0.320 e. The second kappa shape index (κ2) is 9.21. The Morgan fingerprint density at radius 3 is 2.64 bits per heavy atom. The number of ether oxygens (including phenoxy) is 1. The Labute approximate surface area is 170 Å². The fourth-order valence-corrected chi connectivity index (χ4v) is 4.46. The van der Waals surface area contributed by atoms with Crippen molar-refractivity contribution in [2.45, 2.75) is 12.5 Å². The molecule has 0 unspecified atom stereocenters. The predicted molar refractivity (Wildman–Crippen MR) is 111 cm³/mol. The lowest BCUT2D eigenvalue weighted by atomic mass is 9.93. The van der Waals surface area contributed by atoms with E-state index < -0.39 is 0 Å². The number of carbonyl (C=O) groups is 2. The number of benzene rings is 1. The van der Waals surface area contributed by atoms with Crippen LogP contribution in [0.1, 0.15) is 22.0 Å². The molecule has 1 aliphatic rings. The standard InChI is InChI=1S/C21H27N3O3S/c1-22(2)21(26)23(12-13-27-3)15-19(25)24-11-9-18-17(10-14-28-18)20(24)16-7-5-4-6-8-16/h4-8,10,14,20H,9,11-13,15H2,1-3H3/t20-/m0/s1. The minimum absolute atomic E-state index is 0.0444. The number of hydrogen-bond donors (Lipinski definition) is 0. The second-order valence-electron chi connectivity index (χ2n) is 7.04. The maximum atomic E-state index is 13.3. The van der Waals surface area contributed by atoms with Gasteiger partial charge < -0.3 is 19.4 Å². The summed E-state index contributed by atoms with van der Waals surface area (Å²) in [5, 5.41) is 2.09. The van der Waals surface area contributed by atoms with Gasteiger partial charge in [-0.2, -0.15) is 0 Å². The van der Waals surface area contributed by atoms with Crippen LogP contribution in [0.25, 0.3) is 0 Å². The van der Waals surface area contributed by atoms with Gasteiger partial charge in [-0.25, -0.2) is 4.79 Å². The molecule has 1 atom stereocenters. The minimum Gasteiger partial charge on any atom is -0.383 e. The molecule has 3 rings (SSSR count). The van der Waals surface area contributed by atoms with Crippen molar-refractivity contribution in [1.29, 1.82) is 0 Å². The zero-order valence-electron chi connectivity index (χ0n) is 16.6. The average Bonchev–Trinajstić information content (AvgIpc) is 3.19. The van der Waals surface area contributed by atoms with Crippen molar-refractivity contribution < 1.29 is 14.3 Å². The summed E-state index contributed by atoms with van der Waals surface area (Å²) < 4.78 is 5.12. The first-order chi connectivity index (χ1) is 13.5. The topological polar surface area (TPSA) is 53.1 Å². The van der Waals surface area contributed by atoms with E-state index in [0.29, 0.717) is 19.7 Å². The fourth-order valence-electron chi connectivity index (χ4n) is 3.56. The predicted octanol–water partition coefficient (Wildman–Crippen LogP) is 2.85. The van der Waals surface area contributed by atoms with Crippen LogP contribution in [0.5, 0.6) is 0 Å². The number of urea groups is 1. The van der Waals surface area contributed by atoms with Gasteiger partial charge in [-0.05, 0) is 29.0 Å². The number of fused-ring (bicyclic) bond motifs is 1. The highest BCUT2D eigenvalue weighted by Crippen LogP contribution is 2.37. The van der Waals surface area contributed by atoms with E-state index in [1.807, 2.05) is 23.1 Å². The van der Waals surface area contributed by atoms with E-state index in [4.69, 9.17) is 4.74 Å². The Morgan fingerprint density at radius 1 is 1.21 bits per heavy atom. The van der Waals surface area contributed by atoms with E-state index in [9.17, 15) is 9.59 Å². The molecule has 2 aromatic rings. The van der Waals surface area contributed by atoms with Crippen LogP contribution in [0.3, 0.4) is 0 Å². The van der Waals surface area contributed by atoms with Crippen LogP contribution in [0.4, 0.5) is 4.79 Å². The number of nitrogens with zero attached hydrogens (tertiary/aromatic N) is 3. The number of rotatable bonds is 6. The Kier molecular flexibility index (Phi) is 6.70. The van der Waals surface area contributed by atoms with Crippen LogP contribution >= 0.6 is 11.3 Å². The average molecular weight is 402 g/mol. The van der Waals surface area contributed by atoms with Crippen LogP contribution in [-0.4, -0.2) is 74.1 Å². The number of methoxy groups -OCH3 is 1. The molecule has 0 radical (unpaired) electrons. The van der Waals surface area contributed by atoms with Crippen LogP contribution in [-0.2, 0) is 16.0 Å². The molecule has 0 N–H and O–H groups in total. The quantitative estimate of drug-likeness (QED) is 0.748. The summed E-state index contributed by atoms with van der Waals surface area (Å²) in [6.07, 6.45) is 0.849. The second-order valence-corrected chi connectivity index (χ2v) is 8.04.